The van der Waals surface area contributed by atoms with Gasteiger partial charge in [0.15, 0.2) is 0 Å². The average Bonchev–Trinajstić information content (AvgIpc) is 2.83. The first-order valence-electron chi connectivity index (χ1n) is 12.2. The Morgan fingerprint density at radius 1 is 1.03 bits per heavy atom. The fraction of sp³-hybridized carbons (Fsp3) is 0.520. The molecule has 0 saturated carbocycles. The number of carbonyl (C=O) groups excluding carboxylic acids is 1. The molecule has 10 heteroatoms. The van der Waals surface area contributed by atoms with Crippen molar-refractivity contribution < 1.29 is 18.0 Å². The van der Waals surface area contributed by atoms with Crippen LogP contribution < -0.4 is 15.5 Å². The highest BCUT2D eigenvalue weighted by molar-refractivity contribution is 5.76. The molecular formula is C25H33F3N6O. The molecule has 1 aromatic heterocycles. The summed E-state index contributed by atoms with van der Waals surface area (Å²) < 4.78 is 40.6. The van der Waals surface area contributed by atoms with Gasteiger partial charge in [-0.05, 0) is 50.6 Å². The lowest BCUT2D eigenvalue weighted by Gasteiger charge is -2.34. The van der Waals surface area contributed by atoms with Crippen molar-refractivity contribution >= 4 is 28.8 Å². The van der Waals surface area contributed by atoms with Crippen molar-refractivity contribution in [3.05, 3.63) is 42.1 Å². The van der Waals surface area contributed by atoms with Crippen molar-refractivity contribution in [1.29, 1.82) is 0 Å². The topological polar surface area (TPSA) is 63.7 Å². The molecule has 2 aliphatic heterocycles. The molecule has 2 saturated heterocycles. The second-order valence-electron chi connectivity index (χ2n) is 9.19. The number of nitrogens with zero attached hydrogens (tertiary/aromatic N) is 4. The minimum absolute atomic E-state index is 0.0194. The number of piperazine rings is 1. The van der Waals surface area contributed by atoms with E-state index in [-0.39, 0.29) is 11.6 Å². The fourth-order valence-electron chi connectivity index (χ4n) is 4.46. The Hall–Kier alpha value is -3.01. The Labute approximate surface area is 204 Å². The largest absolute Gasteiger partial charge is 0.419 e. The van der Waals surface area contributed by atoms with Gasteiger partial charge < -0.3 is 25.3 Å². The van der Waals surface area contributed by atoms with E-state index in [1.54, 1.807) is 4.90 Å². The number of rotatable bonds is 8. The molecule has 7 nitrogen and oxygen atoms in total. The molecule has 0 radical (unpaired) electrons. The zero-order valence-corrected chi connectivity index (χ0v) is 20.1. The third-order valence-corrected chi connectivity index (χ3v) is 6.56. The minimum Gasteiger partial charge on any atom is -0.384 e. The second kappa shape index (κ2) is 11.2. The van der Waals surface area contributed by atoms with E-state index in [0.29, 0.717) is 31.7 Å². The Kier molecular flexibility index (Phi) is 8.00. The quantitative estimate of drug-likeness (QED) is 0.535. The lowest BCUT2D eigenvalue weighted by molar-refractivity contribution is -0.137. The average molecular weight is 491 g/mol. The second-order valence-corrected chi connectivity index (χ2v) is 9.19. The Balaban J connectivity index is 1.38. The number of nitrogens with one attached hydrogen (secondary N) is 2. The molecule has 2 aromatic rings. The highest BCUT2D eigenvalue weighted by Gasteiger charge is 2.34. The lowest BCUT2D eigenvalue weighted by Crippen LogP contribution is -2.44. The van der Waals surface area contributed by atoms with Gasteiger partial charge in [-0.2, -0.15) is 13.2 Å². The van der Waals surface area contributed by atoms with Gasteiger partial charge in [0.1, 0.15) is 5.82 Å². The van der Waals surface area contributed by atoms with Gasteiger partial charge in [0.25, 0.3) is 0 Å². The number of aromatic nitrogens is 1. The van der Waals surface area contributed by atoms with Crippen molar-refractivity contribution in [3.63, 3.8) is 0 Å². The molecule has 0 bridgehead atoms. The number of benzene rings is 1. The summed E-state index contributed by atoms with van der Waals surface area (Å²) in [6, 6.07) is 9.24. The number of pyridine rings is 1. The van der Waals surface area contributed by atoms with E-state index in [1.807, 2.05) is 24.3 Å². The molecule has 35 heavy (non-hydrogen) atoms. The molecule has 0 unspecified atom stereocenters. The van der Waals surface area contributed by atoms with E-state index in [2.05, 4.69) is 32.5 Å². The summed E-state index contributed by atoms with van der Waals surface area (Å²) in [5, 5.41) is 6.02. The highest BCUT2D eigenvalue weighted by atomic mass is 19.4. The molecule has 1 aromatic carbocycles. The van der Waals surface area contributed by atoms with Crippen molar-refractivity contribution in [2.24, 2.45) is 0 Å². The van der Waals surface area contributed by atoms with Crippen LogP contribution in [0.25, 0.3) is 0 Å². The van der Waals surface area contributed by atoms with Gasteiger partial charge in [-0.3, -0.25) is 4.79 Å². The molecule has 2 aliphatic rings. The van der Waals surface area contributed by atoms with Gasteiger partial charge in [-0.1, -0.05) is 0 Å². The molecule has 4 rings (SSSR count). The fourth-order valence-corrected chi connectivity index (χ4v) is 4.46. The van der Waals surface area contributed by atoms with E-state index >= 15 is 0 Å². The first-order chi connectivity index (χ1) is 16.8. The molecule has 0 spiro atoms. The van der Waals surface area contributed by atoms with Crippen molar-refractivity contribution in [3.8, 4) is 0 Å². The van der Waals surface area contributed by atoms with Crippen LogP contribution in [0.1, 0.15) is 31.2 Å². The summed E-state index contributed by atoms with van der Waals surface area (Å²) in [5.41, 5.74) is 1.06. The number of halogens is 3. The molecular weight excluding hydrogens is 457 g/mol. The van der Waals surface area contributed by atoms with Gasteiger partial charge in [0.05, 0.1) is 11.3 Å². The number of anilines is 4. The highest BCUT2D eigenvalue weighted by Crippen LogP contribution is 2.36. The predicted octanol–water partition coefficient (Wildman–Crippen LogP) is 4.41. The van der Waals surface area contributed by atoms with Crippen LogP contribution in [0.15, 0.2) is 36.5 Å². The molecule has 190 valence electrons. The number of piperidine rings is 1. The Morgan fingerprint density at radius 2 is 1.77 bits per heavy atom. The number of carbonyl (C=O) groups is 1. The summed E-state index contributed by atoms with van der Waals surface area (Å²) in [6.07, 6.45) is -0.636. The van der Waals surface area contributed by atoms with E-state index in [9.17, 15) is 18.0 Å². The monoisotopic (exact) mass is 490 g/mol. The smallest absolute Gasteiger partial charge is 0.384 e. The predicted molar refractivity (Wildman–Crippen MR) is 132 cm³/mol. The molecule has 2 fully saturated rings. The van der Waals surface area contributed by atoms with Crippen molar-refractivity contribution in [1.82, 2.24) is 14.8 Å². The maximum Gasteiger partial charge on any atom is 0.419 e. The minimum atomic E-state index is -4.51. The summed E-state index contributed by atoms with van der Waals surface area (Å²) in [6.45, 7) is 5.55. The molecule has 0 aliphatic carbocycles. The first kappa shape index (κ1) is 25.1. The summed E-state index contributed by atoms with van der Waals surface area (Å²) in [4.78, 5) is 22.3. The summed E-state index contributed by atoms with van der Waals surface area (Å²) in [5.74, 6) is 0.459. The zero-order valence-electron chi connectivity index (χ0n) is 20.1. The van der Waals surface area contributed by atoms with Gasteiger partial charge >= 0.3 is 6.18 Å². The summed E-state index contributed by atoms with van der Waals surface area (Å²) in [7, 11) is 2.11. The van der Waals surface area contributed by atoms with Crippen LogP contribution in [0.4, 0.5) is 36.1 Å². The van der Waals surface area contributed by atoms with E-state index in [4.69, 9.17) is 0 Å². The number of likely N-dealkylation sites (N-methyl/N-ethyl adjacent to an activating group) is 1. The zero-order chi connectivity index (χ0) is 24.8. The number of alkyl halides is 3. The molecule has 0 atom stereocenters. The van der Waals surface area contributed by atoms with Gasteiger partial charge in [-0.25, -0.2) is 4.98 Å². The van der Waals surface area contributed by atoms with E-state index in [0.717, 1.165) is 63.1 Å². The third-order valence-electron chi connectivity index (χ3n) is 6.56. The van der Waals surface area contributed by atoms with Gasteiger partial charge in [-0.15, -0.1) is 0 Å². The van der Waals surface area contributed by atoms with Crippen molar-refractivity contribution in [2.75, 3.05) is 68.4 Å². The number of amides is 1. The molecule has 1 amide bonds. The Morgan fingerprint density at radius 3 is 2.46 bits per heavy atom. The van der Waals surface area contributed by atoms with Crippen LogP contribution >= 0.6 is 0 Å². The van der Waals surface area contributed by atoms with Gasteiger partial charge in [0.2, 0.25) is 5.91 Å². The van der Waals surface area contributed by atoms with Gasteiger partial charge in [0, 0.05) is 75.9 Å². The maximum absolute atomic E-state index is 13.5. The van der Waals surface area contributed by atoms with E-state index in [1.165, 1.54) is 6.07 Å². The standard InChI is InChI=1S/C25H33F3N6O/c1-32-13-15-33(16-14-32)20-8-6-19(7-9-20)31-23-17-22(21(18-30-23)25(26,27)28)29-10-4-12-34-11-3-2-5-24(34)35/h6-9,17-18H,2-5,10-16H2,1H3,(H2,29,30,31). The van der Waals surface area contributed by atoms with Crippen LogP contribution in [-0.4, -0.2) is 73.6 Å². The maximum atomic E-state index is 13.5. The Bertz CT molecular complexity index is 990. The molecule has 2 N–H and O–H groups in total. The van der Waals surface area contributed by atoms with Crippen LogP contribution in [0.5, 0.6) is 0 Å². The number of hydrogen-bond donors (Lipinski definition) is 2. The van der Waals surface area contributed by atoms with Crippen LogP contribution in [0.2, 0.25) is 0 Å². The lowest BCUT2D eigenvalue weighted by atomic mass is 10.1. The van der Waals surface area contributed by atoms with Crippen LogP contribution in [0, 0.1) is 0 Å². The third kappa shape index (κ3) is 6.78. The normalized spacial score (nSPS) is 17.5. The number of likely N-dealkylation sites (tertiary alicyclic amines) is 1. The molecule has 3 heterocycles. The first-order valence-corrected chi connectivity index (χ1v) is 12.2. The summed E-state index contributed by atoms with van der Waals surface area (Å²) >= 11 is 0. The van der Waals surface area contributed by atoms with Crippen LogP contribution in [-0.2, 0) is 11.0 Å². The van der Waals surface area contributed by atoms with E-state index < -0.39 is 11.7 Å². The van der Waals surface area contributed by atoms with Crippen molar-refractivity contribution in [2.45, 2.75) is 31.9 Å². The SMILES string of the molecule is CN1CCN(c2ccc(Nc3cc(NCCCN4CCCCC4=O)c(C(F)(F)F)cn3)cc2)CC1. The van der Waals surface area contributed by atoms with Crippen LogP contribution in [0.3, 0.4) is 0 Å². The number of hydrogen-bond acceptors (Lipinski definition) is 6.